The van der Waals surface area contributed by atoms with E-state index in [1.807, 2.05) is 0 Å². The van der Waals surface area contributed by atoms with E-state index < -0.39 is 25.3 Å². The van der Waals surface area contributed by atoms with Gasteiger partial charge in [-0.1, -0.05) is 0 Å². The van der Waals surface area contributed by atoms with Crippen molar-refractivity contribution in [2.45, 2.75) is 0 Å². The van der Waals surface area contributed by atoms with Crippen molar-refractivity contribution in [3.8, 4) is 0 Å². The first-order valence-electron chi connectivity index (χ1n) is 2.25. The molecule has 2 nitrogen and oxygen atoms in total. The Bertz CT molecular complexity index is 120. The number of halogens is 4. The maximum Gasteiger partial charge on any atom is 0.390 e. The van der Waals surface area contributed by atoms with Crippen molar-refractivity contribution in [3.63, 3.8) is 0 Å². The Morgan fingerprint density at radius 2 is 1.90 bits per heavy atom. The molecule has 0 aliphatic heterocycles. The van der Waals surface area contributed by atoms with Crippen molar-refractivity contribution >= 4 is 0 Å². The largest absolute Gasteiger partial charge is 0.456 e. The van der Waals surface area contributed by atoms with Crippen LogP contribution in [0.1, 0.15) is 0 Å². The number of hydrogen-bond acceptors (Lipinski definition) is 2. The number of alkyl halides is 1. The summed E-state index contributed by atoms with van der Waals surface area (Å²) in [6.07, 6.45) is -2.46. The maximum atomic E-state index is 11.3. The zero-order chi connectivity index (χ0) is 7.98. The minimum atomic E-state index is -2.46. The first-order chi connectivity index (χ1) is 4.72. The molecular weight excluding hydrogens is 156 g/mol. The van der Waals surface area contributed by atoms with Crippen molar-refractivity contribution in [2.24, 2.45) is 0 Å². The Labute approximate surface area is 53.9 Å². The number of ether oxygens (including phenoxy) is 1. The van der Waals surface area contributed by atoms with Crippen LogP contribution >= 0.6 is 0 Å². The van der Waals surface area contributed by atoms with Crippen LogP contribution in [0.5, 0.6) is 0 Å². The summed E-state index contributed by atoms with van der Waals surface area (Å²) in [5.41, 5.74) is 0. The summed E-state index contributed by atoms with van der Waals surface area (Å²) in [4.78, 5) is 2.55. The predicted octanol–water partition coefficient (Wildman–Crippen LogP) is 1.94. The second-order valence-corrected chi connectivity index (χ2v) is 1.16. The van der Waals surface area contributed by atoms with Gasteiger partial charge >= 0.3 is 12.0 Å². The van der Waals surface area contributed by atoms with Gasteiger partial charge in [0.2, 0.25) is 0 Å². The fourth-order valence-corrected chi connectivity index (χ4v) is 0.237. The van der Waals surface area contributed by atoms with Gasteiger partial charge in [-0.25, -0.2) is 9.33 Å². The second-order valence-electron chi connectivity index (χ2n) is 1.16. The molecule has 0 amide bonds. The van der Waals surface area contributed by atoms with Crippen LogP contribution in [-0.2, 0) is 9.68 Å². The second kappa shape index (κ2) is 4.89. The van der Waals surface area contributed by atoms with Crippen molar-refractivity contribution < 1.29 is 27.4 Å². The highest BCUT2D eigenvalue weighted by molar-refractivity contribution is 4.80. The van der Waals surface area contributed by atoms with E-state index in [0.717, 1.165) is 0 Å². The molecule has 0 aromatic carbocycles. The summed E-state index contributed by atoms with van der Waals surface area (Å²) in [5, 5.41) is 0. The van der Waals surface area contributed by atoms with E-state index in [1.165, 1.54) is 0 Å². The Hall–Kier alpha value is -0.940. The van der Waals surface area contributed by atoms with Crippen molar-refractivity contribution in [2.75, 3.05) is 13.3 Å². The zero-order valence-corrected chi connectivity index (χ0v) is 4.74. The Balaban J connectivity index is 3.73. The predicted molar refractivity (Wildman–Crippen MR) is 23.4 cm³/mol. The molecule has 0 saturated carbocycles. The lowest BCUT2D eigenvalue weighted by Crippen LogP contribution is -1.97. The molecule has 0 fully saturated rings. The van der Waals surface area contributed by atoms with Crippen LogP contribution in [0.25, 0.3) is 0 Å². The van der Waals surface area contributed by atoms with E-state index in [2.05, 4.69) is 9.68 Å². The molecule has 0 unspecified atom stereocenters. The summed E-state index contributed by atoms with van der Waals surface area (Å²) in [5.74, 6) is -1.59. The summed E-state index contributed by atoms with van der Waals surface area (Å²) in [6.45, 7) is -1.64. The molecule has 0 aromatic heterocycles. The Morgan fingerprint density at radius 1 is 1.30 bits per heavy atom. The smallest absolute Gasteiger partial charge is 0.390 e. The average Bonchev–Trinajstić information content (AvgIpc) is 1.89. The zero-order valence-electron chi connectivity index (χ0n) is 4.74. The van der Waals surface area contributed by atoms with Crippen LogP contribution in [0, 0.1) is 0 Å². The van der Waals surface area contributed by atoms with Crippen LogP contribution in [0.15, 0.2) is 12.0 Å². The van der Waals surface area contributed by atoms with E-state index in [-0.39, 0.29) is 0 Å². The van der Waals surface area contributed by atoms with Crippen LogP contribution in [0.3, 0.4) is 0 Å². The van der Waals surface area contributed by atoms with Gasteiger partial charge in [-0.05, 0) is 0 Å². The van der Waals surface area contributed by atoms with E-state index in [9.17, 15) is 17.7 Å². The van der Waals surface area contributed by atoms with Crippen LogP contribution < -0.4 is 0 Å². The van der Waals surface area contributed by atoms with Crippen molar-refractivity contribution in [1.82, 2.24) is 0 Å². The summed E-state index contributed by atoms with van der Waals surface area (Å²) < 4.78 is 48.5. The van der Waals surface area contributed by atoms with Crippen LogP contribution in [-0.4, -0.2) is 13.3 Å². The molecule has 0 aromatic rings. The fraction of sp³-hybridized carbons (Fsp3) is 0.500. The molecule has 0 atom stereocenters. The molecule has 0 spiro atoms. The molecule has 0 aliphatic rings. The monoisotopic (exact) mass is 160 g/mol. The quantitative estimate of drug-likeness (QED) is 0.462. The number of hydrogen-bond donors (Lipinski definition) is 0. The van der Waals surface area contributed by atoms with E-state index >= 15 is 0 Å². The third-order valence-electron chi connectivity index (χ3n) is 0.535. The van der Waals surface area contributed by atoms with Gasteiger partial charge in [0, 0.05) is 4.53 Å². The van der Waals surface area contributed by atoms with Gasteiger partial charge < -0.3 is 4.74 Å². The summed E-state index contributed by atoms with van der Waals surface area (Å²) in [6, 6.07) is 0. The minimum Gasteiger partial charge on any atom is -0.456 e. The molecular formula is C4H4F4O2. The molecule has 0 rings (SSSR count). The third-order valence-corrected chi connectivity index (χ3v) is 0.535. The topological polar surface area (TPSA) is 18.5 Å². The highest BCUT2D eigenvalue weighted by Crippen LogP contribution is 2.10. The van der Waals surface area contributed by atoms with E-state index in [1.54, 1.807) is 0 Å². The van der Waals surface area contributed by atoms with Gasteiger partial charge in [-0.2, -0.15) is 8.78 Å². The molecule has 0 saturated heterocycles. The first kappa shape index (κ1) is 9.06. The van der Waals surface area contributed by atoms with Gasteiger partial charge in [0.05, 0.1) is 0 Å². The lowest BCUT2D eigenvalue weighted by atomic mass is 10.8. The lowest BCUT2D eigenvalue weighted by Gasteiger charge is -1.99. The van der Waals surface area contributed by atoms with Gasteiger partial charge in [-0.3, -0.25) is 0 Å². The fourth-order valence-electron chi connectivity index (χ4n) is 0.237. The summed E-state index contributed by atoms with van der Waals surface area (Å²) >= 11 is 0. The van der Waals surface area contributed by atoms with Crippen LogP contribution in [0.2, 0.25) is 0 Å². The van der Waals surface area contributed by atoms with Crippen LogP contribution in [0.4, 0.5) is 17.7 Å². The third kappa shape index (κ3) is 3.16. The Kier molecular flexibility index (Phi) is 4.43. The molecule has 60 valence electrons. The highest BCUT2D eigenvalue weighted by atomic mass is 19.3. The van der Waals surface area contributed by atoms with Gasteiger partial charge in [-0.15, -0.1) is 0 Å². The lowest BCUT2D eigenvalue weighted by molar-refractivity contribution is -0.155. The SMILES string of the molecule is FCCOC(OF)=C(F)F. The van der Waals surface area contributed by atoms with Gasteiger partial charge in [0.25, 0.3) is 0 Å². The molecule has 0 bridgehead atoms. The first-order valence-corrected chi connectivity index (χ1v) is 2.25. The van der Waals surface area contributed by atoms with Gasteiger partial charge in [0.15, 0.2) is 0 Å². The molecule has 10 heavy (non-hydrogen) atoms. The standard InChI is InChI=1S/C4H4F4O2/c5-1-2-9-4(10-8)3(6)7/h1-2H2. The van der Waals surface area contributed by atoms with Crippen molar-refractivity contribution in [1.29, 1.82) is 0 Å². The maximum absolute atomic E-state index is 11.3. The molecule has 0 heterocycles. The minimum absolute atomic E-state index is 0.656. The van der Waals surface area contributed by atoms with Gasteiger partial charge in [0.1, 0.15) is 13.3 Å². The molecule has 0 aliphatic carbocycles. The van der Waals surface area contributed by atoms with Crippen molar-refractivity contribution in [3.05, 3.63) is 12.0 Å². The molecule has 0 radical (unpaired) electrons. The average molecular weight is 160 g/mol. The number of rotatable bonds is 4. The molecule has 0 N–H and O–H groups in total. The summed E-state index contributed by atoms with van der Waals surface area (Å²) in [7, 11) is 0. The molecule has 6 heteroatoms. The van der Waals surface area contributed by atoms with E-state index in [4.69, 9.17) is 0 Å². The Morgan fingerprint density at radius 3 is 2.20 bits per heavy atom. The highest BCUT2D eigenvalue weighted by Gasteiger charge is 2.09. The normalized spacial score (nSPS) is 8.80. The van der Waals surface area contributed by atoms with E-state index in [0.29, 0.717) is 0 Å².